The van der Waals surface area contributed by atoms with Crippen LogP contribution in [0.1, 0.15) is 19.4 Å². The zero-order chi connectivity index (χ0) is 17.7. The van der Waals surface area contributed by atoms with Crippen molar-refractivity contribution in [2.24, 2.45) is 0 Å². The lowest BCUT2D eigenvalue weighted by molar-refractivity contribution is -0.154. The van der Waals surface area contributed by atoms with E-state index in [0.29, 0.717) is 13.1 Å². The second-order valence-electron chi connectivity index (χ2n) is 5.63. The van der Waals surface area contributed by atoms with Gasteiger partial charge in [-0.05, 0) is 32.1 Å². The van der Waals surface area contributed by atoms with Gasteiger partial charge in [0.1, 0.15) is 5.82 Å². The molecule has 0 bridgehead atoms. The summed E-state index contributed by atoms with van der Waals surface area (Å²) in [6, 6.07) is 4.22. The van der Waals surface area contributed by atoms with Crippen molar-refractivity contribution in [2.75, 3.05) is 19.7 Å². The van der Waals surface area contributed by atoms with Crippen LogP contribution in [0, 0.1) is 5.82 Å². The van der Waals surface area contributed by atoms with Gasteiger partial charge in [-0.3, -0.25) is 4.79 Å². The summed E-state index contributed by atoms with van der Waals surface area (Å²) in [7, 11) is 0. The number of halogens is 2. The quantitative estimate of drug-likeness (QED) is 0.615. The maximum Gasteiger partial charge on any atom is 0.331 e. The molecule has 2 rings (SSSR count). The maximum absolute atomic E-state index is 13.6. The number of nitrogens with zero attached hydrogens (tertiary/aromatic N) is 1. The van der Waals surface area contributed by atoms with Crippen LogP contribution in [0.2, 0.25) is 5.02 Å². The van der Waals surface area contributed by atoms with Crippen LogP contribution in [0.4, 0.5) is 4.39 Å². The van der Waals surface area contributed by atoms with Crippen molar-refractivity contribution < 1.29 is 23.5 Å². The van der Waals surface area contributed by atoms with Crippen molar-refractivity contribution in [3.8, 4) is 0 Å². The molecule has 7 heteroatoms. The first-order valence-corrected chi connectivity index (χ1v) is 7.96. The summed E-state index contributed by atoms with van der Waals surface area (Å²) >= 11 is 5.85. The number of benzene rings is 1. The highest BCUT2D eigenvalue weighted by Crippen LogP contribution is 2.20. The Labute approximate surface area is 145 Å². The molecule has 0 aromatic heterocycles. The number of morpholine rings is 1. The summed E-state index contributed by atoms with van der Waals surface area (Å²) in [5, 5.41) is 0.186. The fraction of sp³-hybridized carbons (Fsp3) is 0.412. The van der Waals surface area contributed by atoms with E-state index in [1.807, 2.05) is 13.8 Å². The lowest BCUT2D eigenvalue weighted by Crippen LogP contribution is -2.49. The molecular formula is C17H19ClFNO4. The molecule has 2 atom stereocenters. The molecule has 1 heterocycles. The zero-order valence-electron chi connectivity index (χ0n) is 13.5. The Morgan fingerprint density at radius 3 is 2.67 bits per heavy atom. The van der Waals surface area contributed by atoms with Crippen LogP contribution >= 0.6 is 11.6 Å². The summed E-state index contributed by atoms with van der Waals surface area (Å²) in [5.41, 5.74) is 0.0956. The van der Waals surface area contributed by atoms with E-state index >= 15 is 0 Å². The molecule has 1 saturated heterocycles. The Morgan fingerprint density at radius 2 is 2.04 bits per heavy atom. The topological polar surface area (TPSA) is 55.8 Å². The van der Waals surface area contributed by atoms with Gasteiger partial charge in [0.25, 0.3) is 5.91 Å². The monoisotopic (exact) mass is 355 g/mol. The Morgan fingerprint density at radius 1 is 1.38 bits per heavy atom. The first kappa shape index (κ1) is 18.4. The number of amides is 1. The van der Waals surface area contributed by atoms with Crippen LogP contribution in [-0.2, 0) is 19.1 Å². The molecule has 0 radical (unpaired) electrons. The molecule has 1 aromatic rings. The van der Waals surface area contributed by atoms with Gasteiger partial charge >= 0.3 is 5.97 Å². The Bertz CT molecular complexity index is 619. The number of hydrogen-bond acceptors (Lipinski definition) is 4. The van der Waals surface area contributed by atoms with Gasteiger partial charge in [0, 0.05) is 24.7 Å². The Kier molecular flexibility index (Phi) is 6.34. The van der Waals surface area contributed by atoms with Gasteiger partial charge in [-0.1, -0.05) is 17.7 Å². The lowest BCUT2D eigenvalue weighted by Gasteiger charge is -2.35. The third-order valence-corrected chi connectivity index (χ3v) is 3.83. The molecular weight excluding hydrogens is 337 g/mol. The van der Waals surface area contributed by atoms with Crippen molar-refractivity contribution in [3.63, 3.8) is 0 Å². The highest BCUT2D eigenvalue weighted by atomic mass is 35.5. The standard InChI is InChI=1S/C17H19ClFNO4/c1-11-8-20(9-12(2)24-11)16(21)10-23-17(22)7-6-13-14(18)4-3-5-15(13)19/h3-7,11-12H,8-10H2,1-2H3/b7-6+/t11-,12-/m1/s1. The number of hydrogen-bond donors (Lipinski definition) is 0. The third-order valence-electron chi connectivity index (χ3n) is 3.50. The van der Waals surface area contributed by atoms with Crippen LogP contribution in [0.5, 0.6) is 0 Å². The predicted molar refractivity (Wildman–Crippen MR) is 88.0 cm³/mol. The van der Waals surface area contributed by atoms with Crippen LogP contribution in [0.25, 0.3) is 6.08 Å². The maximum atomic E-state index is 13.6. The number of carbonyl (C=O) groups excluding carboxylic acids is 2. The minimum Gasteiger partial charge on any atom is -0.452 e. The van der Waals surface area contributed by atoms with E-state index in [2.05, 4.69) is 0 Å². The summed E-state index contributed by atoms with van der Waals surface area (Å²) in [6.45, 7) is 4.31. The van der Waals surface area contributed by atoms with E-state index in [1.54, 1.807) is 4.90 Å². The molecule has 1 aliphatic heterocycles. The van der Waals surface area contributed by atoms with Crippen LogP contribution in [-0.4, -0.2) is 48.7 Å². The smallest absolute Gasteiger partial charge is 0.331 e. The number of esters is 1. The van der Waals surface area contributed by atoms with E-state index in [9.17, 15) is 14.0 Å². The molecule has 24 heavy (non-hydrogen) atoms. The van der Waals surface area contributed by atoms with Gasteiger partial charge < -0.3 is 14.4 Å². The third kappa shape index (κ3) is 5.04. The molecule has 0 spiro atoms. The minimum atomic E-state index is -0.739. The lowest BCUT2D eigenvalue weighted by atomic mass is 10.2. The molecule has 1 aliphatic rings. The second kappa shape index (κ2) is 8.26. The number of ether oxygens (including phenoxy) is 2. The van der Waals surface area contributed by atoms with Crippen LogP contribution < -0.4 is 0 Å². The molecule has 1 fully saturated rings. The van der Waals surface area contributed by atoms with Gasteiger partial charge in [0.05, 0.1) is 17.2 Å². The van der Waals surface area contributed by atoms with Gasteiger partial charge in [-0.2, -0.15) is 0 Å². The summed E-state index contributed by atoms with van der Waals surface area (Å²) in [6.07, 6.45) is 2.15. The minimum absolute atomic E-state index is 0.0588. The Hall–Kier alpha value is -1.92. The normalized spacial score (nSPS) is 21.1. The first-order chi connectivity index (χ1) is 11.4. The van der Waals surface area contributed by atoms with Gasteiger partial charge in [0.2, 0.25) is 0 Å². The largest absolute Gasteiger partial charge is 0.452 e. The SMILES string of the molecule is C[C@@H]1CN(C(=O)COC(=O)/C=C/c2c(F)cccc2Cl)C[C@@H](C)O1. The summed E-state index contributed by atoms with van der Waals surface area (Å²) in [5.74, 6) is -1.57. The molecule has 0 unspecified atom stereocenters. The van der Waals surface area contributed by atoms with E-state index in [1.165, 1.54) is 24.3 Å². The first-order valence-electron chi connectivity index (χ1n) is 7.59. The molecule has 0 saturated carbocycles. The second-order valence-corrected chi connectivity index (χ2v) is 6.04. The highest BCUT2D eigenvalue weighted by molar-refractivity contribution is 6.32. The molecule has 1 aromatic carbocycles. The zero-order valence-corrected chi connectivity index (χ0v) is 14.3. The molecule has 0 aliphatic carbocycles. The van der Waals surface area contributed by atoms with Crippen LogP contribution in [0.15, 0.2) is 24.3 Å². The predicted octanol–water partition coefficient (Wildman–Crippen LogP) is 2.67. The van der Waals surface area contributed by atoms with Crippen molar-refractivity contribution >= 4 is 29.6 Å². The molecule has 5 nitrogen and oxygen atoms in total. The average Bonchev–Trinajstić information content (AvgIpc) is 2.51. The average molecular weight is 356 g/mol. The fourth-order valence-corrected chi connectivity index (χ4v) is 2.70. The van der Waals surface area contributed by atoms with Crippen molar-refractivity contribution in [2.45, 2.75) is 26.1 Å². The van der Waals surface area contributed by atoms with Gasteiger partial charge in [-0.15, -0.1) is 0 Å². The van der Waals surface area contributed by atoms with E-state index in [0.717, 1.165) is 6.08 Å². The molecule has 130 valence electrons. The van der Waals surface area contributed by atoms with Crippen molar-refractivity contribution in [1.29, 1.82) is 0 Å². The van der Waals surface area contributed by atoms with E-state index in [4.69, 9.17) is 21.1 Å². The Balaban J connectivity index is 1.87. The highest BCUT2D eigenvalue weighted by Gasteiger charge is 2.26. The summed E-state index contributed by atoms with van der Waals surface area (Å²) in [4.78, 5) is 25.3. The fourth-order valence-electron chi connectivity index (χ4n) is 2.48. The number of carbonyl (C=O) groups is 2. The molecule has 1 amide bonds. The summed E-state index contributed by atoms with van der Waals surface area (Å²) < 4.78 is 24.0. The molecule has 0 N–H and O–H groups in total. The van der Waals surface area contributed by atoms with Crippen molar-refractivity contribution in [1.82, 2.24) is 4.90 Å². The van der Waals surface area contributed by atoms with Crippen molar-refractivity contribution in [3.05, 3.63) is 40.7 Å². The number of rotatable bonds is 4. The van der Waals surface area contributed by atoms with E-state index in [-0.39, 0.29) is 35.3 Å². The van der Waals surface area contributed by atoms with Gasteiger partial charge in [-0.25, -0.2) is 9.18 Å². The van der Waals surface area contributed by atoms with Crippen LogP contribution in [0.3, 0.4) is 0 Å². The van der Waals surface area contributed by atoms with Gasteiger partial charge in [0.15, 0.2) is 6.61 Å². The van der Waals surface area contributed by atoms with E-state index < -0.39 is 11.8 Å².